The first kappa shape index (κ1) is 9.29. The SMILES string of the molecule is OCCCc1nc(-c2cncs2)no1. The topological polar surface area (TPSA) is 72.0 Å². The van der Waals surface area contributed by atoms with Gasteiger partial charge >= 0.3 is 0 Å². The fourth-order valence-corrected chi connectivity index (χ4v) is 1.56. The average molecular weight is 211 g/mol. The second-order valence-corrected chi connectivity index (χ2v) is 3.59. The van der Waals surface area contributed by atoms with E-state index >= 15 is 0 Å². The first-order chi connectivity index (χ1) is 6.90. The van der Waals surface area contributed by atoms with Crippen LogP contribution in [0.5, 0.6) is 0 Å². The Morgan fingerprint density at radius 3 is 3.14 bits per heavy atom. The van der Waals surface area contributed by atoms with Gasteiger partial charge in [0, 0.05) is 19.2 Å². The van der Waals surface area contributed by atoms with E-state index in [1.54, 1.807) is 11.7 Å². The Morgan fingerprint density at radius 1 is 1.50 bits per heavy atom. The molecule has 0 unspecified atom stereocenters. The van der Waals surface area contributed by atoms with Gasteiger partial charge in [0.25, 0.3) is 0 Å². The van der Waals surface area contributed by atoms with Crippen LogP contribution in [0.25, 0.3) is 10.7 Å². The molecule has 74 valence electrons. The van der Waals surface area contributed by atoms with Crippen molar-refractivity contribution in [3.63, 3.8) is 0 Å². The van der Waals surface area contributed by atoms with E-state index in [9.17, 15) is 0 Å². The molecule has 6 heteroatoms. The molecular weight excluding hydrogens is 202 g/mol. The smallest absolute Gasteiger partial charge is 0.227 e. The van der Waals surface area contributed by atoms with Gasteiger partial charge in [0.05, 0.1) is 10.4 Å². The fraction of sp³-hybridized carbons (Fsp3) is 0.375. The zero-order chi connectivity index (χ0) is 9.80. The minimum Gasteiger partial charge on any atom is -0.396 e. The van der Waals surface area contributed by atoms with Gasteiger partial charge < -0.3 is 9.63 Å². The van der Waals surface area contributed by atoms with Crippen LogP contribution in [0.3, 0.4) is 0 Å². The summed E-state index contributed by atoms with van der Waals surface area (Å²) >= 11 is 1.47. The Kier molecular flexibility index (Phi) is 2.85. The zero-order valence-corrected chi connectivity index (χ0v) is 8.20. The largest absolute Gasteiger partial charge is 0.396 e. The van der Waals surface area contributed by atoms with E-state index in [2.05, 4.69) is 15.1 Å². The van der Waals surface area contributed by atoms with E-state index < -0.39 is 0 Å². The number of thiazole rings is 1. The zero-order valence-electron chi connectivity index (χ0n) is 7.38. The Morgan fingerprint density at radius 2 is 2.43 bits per heavy atom. The molecule has 0 aromatic carbocycles. The molecule has 0 aliphatic rings. The van der Waals surface area contributed by atoms with Crippen LogP contribution in [-0.2, 0) is 6.42 Å². The predicted molar refractivity (Wildman–Crippen MR) is 50.8 cm³/mol. The normalized spacial score (nSPS) is 10.6. The summed E-state index contributed by atoms with van der Waals surface area (Å²) in [5.74, 6) is 1.13. The summed E-state index contributed by atoms with van der Waals surface area (Å²) in [6, 6.07) is 0. The standard InChI is InChI=1S/C8H9N3O2S/c12-3-1-2-7-10-8(11-13-7)6-4-9-5-14-6/h4-5,12H,1-3H2. The first-order valence-electron chi connectivity index (χ1n) is 4.22. The molecule has 0 saturated carbocycles. The number of hydrogen-bond donors (Lipinski definition) is 1. The van der Waals surface area contributed by atoms with E-state index in [4.69, 9.17) is 9.63 Å². The van der Waals surface area contributed by atoms with Gasteiger partial charge in [-0.25, -0.2) is 0 Å². The molecule has 0 saturated heterocycles. The highest BCUT2D eigenvalue weighted by Crippen LogP contribution is 2.19. The lowest BCUT2D eigenvalue weighted by Crippen LogP contribution is -1.89. The van der Waals surface area contributed by atoms with Crippen LogP contribution >= 0.6 is 11.3 Å². The summed E-state index contributed by atoms with van der Waals surface area (Å²) in [5.41, 5.74) is 1.72. The Balaban J connectivity index is 2.10. The van der Waals surface area contributed by atoms with Crippen molar-refractivity contribution in [3.05, 3.63) is 17.6 Å². The summed E-state index contributed by atoms with van der Waals surface area (Å²) in [7, 11) is 0. The fourth-order valence-electron chi connectivity index (χ4n) is 1.01. The summed E-state index contributed by atoms with van der Waals surface area (Å²) in [4.78, 5) is 8.99. The second kappa shape index (κ2) is 4.30. The maximum absolute atomic E-state index is 8.62. The lowest BCUT2D eigenvalue weighted by Gasteiger charge is -1.87. The summed E-state index contributed by atoms with van der Waals surface area (Å²) in [6.07, 6.45) is 2.96. The van der Waals surface area contributed by atoms with Crippen molar-refractivity contribution >= 4 is 11.3 Å². The number of aromatic nitrogens is 3. The van der Waals surface area contributed by atoms with E-state index in [0.717, 1.165) is 4.88 Å². The second-order valence-electron chi connectivity index (χ2n) is 2.70. The molecule has 1 N–H and O–H groups in total. The molecule has 2 aromatic rings. The van der Waals surface area contributed by atoms with E-state index in [0.29, 0.717) is 24.6 Å². The summed E-state index contributed by atoms with van der Waals surface area (Å²) < 4.78 is 5.00. The molecule has 0 atom stereocenters. The third-order valence-electron chi connectivity index (χ3n) is 1.67. The van der Waals surface area contributed by atoms with E-state index in [1.807, 2.05) is 0 Å². The molecule has 2 heterocycles. The Hall–Kier alpha value is -1.27. The van der Waals surface area contributed by atoms with Crippen LogP contribution in [0.4, 0.5) is 0 Å². The van der Waals surface area contributed by atoms with E-state index in [1.165, 1.54) is 11.3 Å². The number of hydrogen-bond acceptors (Lipinski definition) is 6. The van der Waals surface area contributed by atoms with E-state index in [-0.39, 0.29) is 6.61 Å². The van der Waals surface area contributed by atoms with Crippen molar-refractivity contribution < 1.29 is 9.63 Å². The third kappa shape index (κ3) is 1.97. The highest BCUT2D eigenvalue weighted by Gasteiger charge is 2.08. The number of aliphatic hydroxyl groups is 1. The average Bonchev–Trinajstić information content (AvgIpc) is 2.85. The number of rotatable bonds is 4. The van der Waals surface area contributed by atoms with Crippen molar-refractivity contribution in [2.24, 2.45) is 0 Å². The van der Waals surface area contributed by atoms with Crippen molar-refractivity contribution in [1.29, 1.82) is 0 Å². The lowest BCUT2D eigenvalue weighted by molar-refractivity contribution is 0.278. The molecule has 5 nitrogen and oxygen atoms in total. The number of aliphatic hydroxyl groups excluding tert-OH is 1. The number of aryl methyl sites for hydroxylation is 1. The molecule has 0 amide bonds. The summed E-state index contributed by atoms with van der Waals surface area (Å²) in [5, 5.41) is 12.4. The Bertz CT molecular complexity index is 385. The molecule has 2 rings (SSSR count). The van der Waals surface area contributed by atoms with Gasteiger partial charge in [-0.1, -0.05) is 5.16 Å². The van der Waals surface area contributed by atoms with Gasteiger partial charge in [-0.3, -0.25) is 4.98 Å². The van der Waals surface area contributed by atoms with Gasteiger partial charge in [-0.2, -0.15) is 4.98 Å². The van der Waals surface area contributed by atoms with Gasteiger partial charge in [-0.05, 0) is 6.42 Å². The van der Waals surface area contributed by atoms with Gasteiger partial charge in [0.2, 0.25) is 11.7 Å². The maximum atomic E-state index is 8.62. The van der Waals surface area contributed by atoms with Crippen molar-refractivity contribution in [1.82, 2.24) is 15.1 Å². The molecule has 0 aliphatic carbocycles. The monoisotopic (exact) mass is 211 g/mol. The Labute approximate surface area is 84.4 Å². The summed E-state index contributed by atoms with van der Waals surface area (Å²) in [6.45, 7) is 0.137. The minimum absolute atomic E-state index is 0.137. The highest BCUT2D eigenvalue weighted by atomic mass is 32.1. The molecule has 14 heavy (non-hydrogen) atoms. The lowest BCUT2D eigenvalue weighted by atomic mass is 10.3. The quantitative estimate of drug-likeness (QED) is 0.820. The van der Waals surface area contributed by atoms with Gasteiger partial charge in [0.15, 0.2) is 0 Å². The highest BCUT2D eigenvalue weighted by molar-refractivity contribution is 7.13. The predicted octanol–water partition coefficient (Wildman–Crippen LogP) is 1.12. The molecule has 0 spiro atoms. The molecule has 0 fully saturated rings. The molecule has 0 radical (unpaired) electrons. The molecule has 2 aromatic heterocycles. The van der Waals surface area contributed by atoms with Crippen LogP contribution in [0.2, 0.25) is 0 Å². The molecular formula is C8H9N3O2S. The minimum atomic E-state index is 0.137. The van der Waals surface area contributed by atoms with Crippen LogP contribution in [-0.4, -0.2) is 26.8 Å². The van der Waals surface area contributed by atoms with Crippen molar-refractivity contribution in [3.8, 4) is 10.7 Å². The van der Waals surface area contributed by atoms with Crippen molar-refractivity contribution in [2.75, 3.05) is 6.61 Å². The maximum Gasteiger partial charge on any atom is 0.227 e. The molecule has 0 bridgehead atoms. The van der Waals surface area contributed by atoms with Gasteiger partial charge in [0.1, 0.15) is 0 Å². The number of nitrogens with zero attached hydrogens (tertiary/aromatic N) is 3. The first-order valence-corrected chi connectivity index (χ1v) is 5.10. The van der Waals surface area contributed by atoms with Crippen LogP contribution in [0, 0.1) is 0 Å². The van der Waals surface area contributed by atoms with Gasteiger partial charge in [-0.15, -0.1) is 11.3 Å². The van der Waals surface area contributed by atoms with Crippen LogP contribution in [0.15, 0.2) is 16.2 Å². The van der Waals surface area contributed by atoms with Crippen LogP contribution < -0.4 is 0 Å². The molecule has 0 aliphatic heterocycles. The van der Waals surface area contributed by atoms with Crippen molar-refractivity contribution in [2.45, 2.75) is 12.8 Å². The third-order valence-corrected chi connectivity index (χ3v) is 2.44. The van der Waals surface area contributed by atoms with Crippen LogP contribution in [0.1, 0.15) is 12.3 Å².